The first kappa shape index (κ1) is 15.3. The maximum atomic E-state index is 5.68. The van der Waals surface area contributed by atoms with Gasteiger partial charge >= 0.3 is 0 Å². The van der Waals surface area contributed by atoms with Crippen molar-refractivity contribution in [3.63, 3.8) is 0 Å². The molecule has 0 aliphatic heterocycles. The first-order valence-corrected chi connectivity index (χ1v) is 7.76. The van der Waals surface area contributed by atoms with E-state index < -0.39 is 0 Å². The Bertz CT molecular complexity index is 115. The van der Waals surface area contributed by atoms with Crippen LogP contribution >= 0.6 is 11.8 Å². The molecule has 2 N–H and O–H groups in total. The van der Waals surface area contributed by atoms with E-state index in [1.165, 1.54) is 57.1 Å². The van der Waals surface area contributed by atoms with Crippen molar-refractivity contribution >= 4 is 11.8 Å². The molecule has 1 unspecified atom stereocenters. The van der Waals surface area contributed by atoms with Crippen molar-refractivity contribution in [3.05, 3.63) is 0 Å². The van der Waals surface area contributed by atoms with Crippen molar-refractivity contribution in [1.29, 1.82) is 0 Å². The van der Waals surface area contributed by atoms with E-state index in [4.69, 9.17) is 5.73 Å². The van der Waals surface area contributed by atoms with Crippen LogP contribution in [-0.2, 0) is 0 Å². The van der Waals surface area contributed by atoms with E-state index in [1.54, 1.807) is 0 Å². The van der Waals surface area contributed by atoms with Crippen LogP contribution in [0.15, 0.2) is 0 Å². The zero-order chi connectivity index (χ0) is 11.4. The van der Waals surface area contributed by atoms with Crippen molar-refractivity contribution in [2.24, 2.45) is 5.73 Å². The highest BCUT2D eigenvalue weighted by Gasteiger charge is 1.95. The normalized spacial score (nSPS) is 13.0. The van der Waals surface area contributed by atoms with E-state index in [1.807, 2.05) is 11.8 Å². The number of nitrogens with two attached hydrogens (primary N) is 1. The number of thioether (sulfide) groups is 1. The van der Waals surface area contributed by atoms with Crippen molar-refractivity contribution in [2.45, 2.75) is 71.3 Å². The van der Waals surface area contributed by atoms with Crippen LogP contribution in [0.4, 0.5) is 0 Å². The Labute approximate surface area is 101 Å². The summed E-state index contributed by atoms with van der Waals surface area (Å²) in [6, 6.07) is 0.365. The van der Waals surface area contributed by atoms with Gasteiger partial charge in [-0.25, -0.2) is 0 Å². The summed E-state index contributed by atoms with van der Waals surface area (Å²) >= 11 is 2.01. The maximum Gasteiger partial charge on any atom is 0.0101 e. The largest absolute Gasteiger partial charge is 0.327 e. The Balaban J connectivity index is 2.87. The molecule has 15 heavy (non-hydrogen) atoms. The molecule has 0 heterocycles. The van der Waals surface area contributed by atoms with Gasteiger partial charge in [0.05, 0.1) is 0 Å². The van der Waals surface area contributed by atoms with Crippen LogP contribution in [-0.4, -0.2) is 17.5 Å². The molecule has 92 valence electrons. The summed E-state index contributed by atoms with van der Waals surface area (Å²) in [5.74, 6) is 2.42. The van der Waals surface area contributed by atoms with Crippen molar-refractivity contribution in [3.8, 4) is 0 Å². The summed E-state index contributed by atoms with van der Waals surface area (Å²) in [4.78, 5) is 0. The fraction of sp³-hybridized carbons (Fsp3) is 1.00. The Morgan fingerprint density at radius 2 is 1.47 bits per heavy atom. The summed E-state index contributed by atoms with van der Waals surface area (Å²) in [7, 11) is 0. The molecule has 0 bridgehead atoms. The summed E-state index contributed by atoms with van der Waals surface area (Å²) in [5, 5.41) is 0. The molecule has 0 aromatic rings. The minimum atomic E-state index is 0.365. The molecule has 0 saturated heterocycles. The molecule has 0 aromatic carbocycles. The van der Waals surface area contributed by atoms with Gasteiger partial charge in [-0.2, -0.15) is 11.8 Å². The second kappa shape index (κ2) is 12.4. The Morgan fingerprint density at radius 1 is 0.933 bits per heavy atom. The summed E-state index contributed by atoms with van der Waals surface area (Å²) in [6.07, 6.45) is 11.3. The average Bonchev–Trinajstić information content (AvgIpc) is 2.20. The predicted octanol–water partition coefficient (Wildman–Crippen LogP) is 4.21. The SMILES string of the molecule is CCCCCCCCCCSCC(C)N. The van der Waals surface area contributed by atoms with Gasteiger partial charge in [0.2, 0.25) is 0 Å². The lowest BCUT2D eigenvalue weighted by atomic mass is 10.1. The van der Waals surface area contributed by atoms with Gasteiger partial charge in [0, 0.05) is 11.8 Å². The number of hydrogen-bond donors (Lipinski definition) is 1. The molecular weight excluding hydrogens is 202 g/mol. The Morgan fingerprint density at radius 3 is 2.00 bits per heavy atom. The fourth-order valence-corrected chi connectivity index (χ4v) is 2.55. The molecule has 0 amide bonds. The van der Waals surface area contributed by atoms with Crippen molar-refractivity contribution in [2.75, 3.05) is 11.5 Å². The lowest BCUT2D eigenvalue weighted by molar-refractivity contribution is 0.586. The van der Waals surface area contributed by atoms with Gasteiger partial charge in [-0.15, -0.1) is 0 Å². The molecule has 0 spiro atoms. The third-order valence-electron chi connectivity index (χ3n) is 2.52. The molecule has 2 heteroatoms. The quantitative estimate of drug-likeness (QED) is 0.539. The molecule has 0 aromatic heterocycles. The van der Waals surface area contributed by atoms with Crippen LogP contribution in [0.5, 0.6) is 0 Å². The summed E-state index contributed by atoms with van der Waals surface area (Å²) in [5.41, 5.74) is 5.68. The van der Waals surface area contributed by atoms with E-state index in [0.717, 1.165) is 5.75 Å². The van der Waals surface area contributed by atoms with Gasteiger partial charge in [-0.05, 0) is 19.1 Å². The lowest BCUT2D eigenvalue weighted by Gasteiger charge is -2.04. The molecule has 0 radical (unpaired) electrons. The van der Waals surface area contributed by atoms with Gasteiger partial charge in [0.1, 0.15) is 0 Å². The van der Waals surface area contributed by atoms with Gasteiger partial charge in [0.15, 0.2) is 0 Å². The Kier molecular flexibility index (Phi) is 12.6. The minimum Gasteiger partial charge on any atom is -0.327 e. The van der Waals surface area contributed by atoms with E-state index in [9.17, 15) is 0 Å². The van der Waals surface area contributed by atoms with Gasteiger partial charge in [0.25, 0.3) is 0 Å². The second-order valence-corrected chi connectivity index (χ2v) is 5.68. The second-order valence-electron chi connectivity index (χ2n) is 4.53. The number of hydrogen-bond acceptors (Lipinski definition) is 2. The number of rotatable bonds is 11. The first-order valence-electron chi connectivity index (χ1n) is 6.60. The topological polar surface area (TPSA) is 26.0 Å². The van der Waals surface area contributed by atoms with Gasteiger partial charge in [-0.3, -0.25) is 0 Å². The molecule has 0 rings (SSSR count). The van der Waals surface area contributed by atoms with E-state index in [-0.39, 0.29) is 0 Å². The highest BCUT2D eigenvalue weighted by molar-refractivity contribution is 7.99. The average molecular weight is 231 g/mol. The third-order valence-corrected chi connectivity index (χ3v) is 3.86. The molecule has 0 saturated carbocycles. The van der Waals surface area contributed by atoms with Crippen LogP contribution in [0.1, 0.15) is 65.2 Å². The smallest absolute Gasteiger partial charge is 0.0101 e. The van der Waals surface area contributed by atoms with E-state index >= 15 is 0 Å². The van der Waals surface area contributed by atoms with Crippen molar-refractivity contribution in [1.82, 2.24) is 0 Å². The maximum absolute atomic E-state index is 5.68. The lowest BCUT2D eigenvalue weighted by Crippen LogP contribution is -2.17. The zero-order valence-corrected chi connectivity index (χ0v) is 11.5. The molecule has 1 nitrogen and oxygen atoms in total. The fourth-order valence-electron chi connectivity index (χ4n) is 1.61. The number of unbranched alkanes of at least 4 members (excludes halogenated alkanes) is 7. The van der Waals surface area contributed by atoms with Crippen LogP contribution in [0.3, 0.4) is 0 Å². The summed E-state index contributed by atoms with van der Waals surface area (Å²) < 4.78 is 0. The van der Waals surface area contributed by atoms with Crippen molar-refractivity contribution < 1.29 is 0 Å². The van der Waals surface area contributed by atoms with Crippen LogP contribution < -0.4 is 5.73 Å². The van der Waals surface area contributed by atoms with E-state index in [0.29, 0.717) is 6.04 Å². The molecule has 0 fully saturated rings. The molecule has 0 aliphatic rings. The molecule has 0 aliphatic carbocycles. The van der Waals surface area contributed by atoms with Gasteiger partial charge < -0.3 is 5.73 Å². The van der Waals surface area contributed by atoms with Crippen LogP contribution in [0.25, 0.3) is 0 Å². The third kappa shape index (κ3) is 14.3. The van der Waals surface area contributed by atoms with Crippen LogP contribution in [0.2, 0.25) is 0 Å². The van der Waals surface area contributed by atoms with Gasteiger partial charge in [-0.1, -0.05) is 51.9 Å². The van der Waals surface area contributed by atoms with Crippen LogP contribution in [0, 0.1) is 0 Å². The minimum absolute atomic E-state index is 0.365. The standard InChI is InChI=1S/C13H29NS/c1-3-4-5-6-7-8-9-10-11-15-12-13(2)14/h13H,3-12,14H2,1-2H3. The highest BCUT2D eigenvalue weighted by atomic mass is 32.2. The summed E-state index contributed by atoms with van der Waals surface area (Å²) in [6.45, 7) is 4.36. The van der Waals surface area contributed by atoms with E-state index in [2.05, 4.69) is 13.8 Å². The monoisotopic (exact) mass is 231 g/mol. The predicted molar refractivity (Wildman–Crippen MR) is 73.6 cm³/mol. The Hall–Kier alpha value is 0.310. The molecular formula is C13H29NS. The first-order chi connectivity index (χ1) is 7.27. The highest BCUT2D eigenvalue weighted by Crippen LogP contribution is 2.11. The zero-order valence-electron chi connectivity index (χ0n) is 10.6. The molecule has 1 atom stereocenters.